The molecular weight excluding hydrogens is 1000 g/mol. The smallest absolute Gasteiger partial charge is 0.238 e. The first-order chi connectivity index (χ1) is 37.8. The third-order valence-corrected chi connectivity index (χ3v) is 15.9. The first kappa shape index (κ1) is 46.3. The van der Waals surface area contributed by atoms with Gasteiger partial charge in [0.25, 0.3) is 0 Å². The monoisotopic (exact) mass is 1050 g/mol. The molecule has 0 saturated heterocycles. The number of benzene rings is 11. The van der Waals surface area contributed by atoms with E-state index in [1.54, 1.807) is 0 Å². The third-order valence-electron chi connectivity index (χ3n) is 15.5. The van der Waals surface area contributed by atoms with Crippen molar-refractivity contribution >= 4 is 37.7 Å². The standard InChI is InChI=1S/C72H49BrN4/c1-72(2)65-32-16-15-31-61(65)62-44-64-63-43-60(73)33-34-67(63)77(68(64)45-66(62)72)71-75-69(52-29-17-27-50(35-52)58-39-54(46-19-7-3-8-20-46)37-55(40-58)47-21-9-4-10-22-47)74-70(76-71)53-30-18-28-51(36-53)59-41-56(48-23-11-5-12-24-48)38-57(42-59)49-25-13-6-14-26-49/h3-45H,1-2H3. The predicted molar refractivity (Wildman–Crippen MR) is 323 cm³/mol. The molecule has 2 aromatic heterocycles. The largest absolute Gasteiger partial charge is 0.278 e. The Bertz CT molecular complexity index is 4110. The zero-order chi connectivity index (χ0) is 51.6. The van der Waals surface area contributed by atoms with Crippen LogP contribution in [0.1, 0.15) is 25.0 Å². The number of halogens is 1. The van der Waals surface area contributed by atoms with E-state index in [9.17, 15) is 0 Å². The summed E-state index contributed by atoms with van der Waals surface area (Å²) in [5, 5.41) is 2.26. The van der Waals surface area contributed by atoms with E-state index in [-0.39, 0.29) is 5.41 Å². The molecule has 0 unspecified atom stereocenters. The van der Waals surface area contributed by atoms with Gasteiger partial charge in [-0.2, -0.15) is 9.97 Å². The molecule has 0 aliphatic heterocycles. The van der Waals surface area contributed by atoms with Crippen molar-refractivity contribution in [1.29, 1.82) is 0 Å². The number of fused-ring (bicyclic) bond motifs is 6. The molecule has 0 radical (unpaired) electrons. The predicted octanol–water partition coefficient (Wildman–Crippen LogP) is 19.4. The molecule has 77 heavy (non-hydrogen) atoms. The van der Waals surface area contributed by atoms with Gasteiger partial charge in [0, 0.05) is 31.8 Å². The van der Waals surface area contributed by atoms with Crippen molar-refractivity contribution in [3.8, 4) is 107 Å². The van der Waals surface area contributed by atoms with Gasteiger partial charge in [-0.3, -0.25) is 4.57 Å². The first-order valence-corrected chi connectivity index (χ1v) is 27.0. The van der Waals surface area contributed by atoms with Crippen LogP contribution in [0, 0.1) is 0 Å². The molecule has 2 heterocycles. The van der Waals surface area contributed by atoms with Crippen molar-refractivity contribution in [2.24, 2.45) is 0 Å². The second-order valence-electron chi connectivity index (χ2n) is 20.6. The summed E-state index contributed by atoms with van der Waals surface area (Å²) in [6.45, 7) is 4.67. The van der Waals surface area contributed by atoms with Crippen LogP contribution in [0.25, 0.3) is 128 Å². The van der Waals surface area contributed by atoms with Crippen LogP contribution in [0.4, 0.5) is 0 Å². The van der Waals surface area contributed by atoms with E-state index in [1.807, 2.05) is 0 Å². The zero-order valence-corrected chi connectivity index (χ0v) is 44.1. The fourth-order valence-electron chi connectivity index (χ4n) is 11.6. The van der Waals surface area contributed by atoms with Gasteiger partial charge in [-0.05, 0) is 168 Å². The molecule has 11 aromatic carbocycles. The molecule has 364 valence electrons. The Kier molecular flexibility index (Phi) is 11.3. The molecule has 0 bridgehead atoms. The number of hydrogen-bond donors (Lipinski definition) is 0. The van der Waals surface area contributed by atoms with Gasteiger partial charge in [0.2, 0.25) is 5.95 Å². The van der Waals surface area contributed by atoms with E-state index in [0.717, 1.165) is 104 Å². The third kappa shape index (κ3) is 8.37. The van der Waals surface area contributed by atoms with Gasteiger partial charge in [0.05, 0.1) is 11.0 Å². The number of aromatic nitrogens is 4. The maximum atomic E-state index is 5.53. The minimum Gasteiger partial charge on any atom is -0.278 e. The van der Waals surface area contributed by atoms with Crippen LogP contribution < -0.4 is 0 Å². The summed E-state index contributed by atoms with van der Waals surface area (Å²) < 4.78 is 3.26. The van der Waals surface area contributed by atoms with Gasteiger partial charge < -0.3 is 0 Å². The summed E-state index contributed by atoms with van der Waals surface area (Å²) >= 11 is 3.85. The lowest BCUT2D eigenvalue weighted by Crippen LogP contribution is -2.15. The maximum absolute atomic E-state index is 5.53. The molecule has 4 nitrogen and oxygen atoms in total. The van der Waals surface area contributed by atoms with Gasteiger partial charge in [-0.15, -0.1) is 0 Å². The highest BCUT2D eigenvalue weighted by Gasteiger charge is 2.36. The molecule has 0 fully saturated rings. The lowest BCUT2D eigenvalue weighted by molar-refractivity contribution is 0.661. The second kappa shape index (κ2) is 18.8. The van der Waals surface area contributed by atoms with E-state index in [0.29, 0.717) is 17.6 Å². The van der Waals surface area contributed by atoms with Gasteiger partial charge in [-0.1, -0.05) is 212 Å². The Balaban J connectivity index is 0.981. The number of hydrogen-bond acceptors (Lipinski definition) is 3. The van der Waals surface area contributed by atoms with Crippen LogP contribution in [-0.4, -0.2) is 19.5 Å². The molecule has 14 rings (SSSR count). The van der Waals surface area contributed by atoms with E-state index in [2.05, 4.69) is 295 Å². The Morgan fingerprint density at radius 3 is 1.17 bits per heavy atom. The minimum atomic E-state index is -0.214. The van der Waals surface area contributed by atoms with Crippen molar-refractivity contribution < 1.29 is 0 Å². The van der Waals surface area contributed by atoms with Gasteiger partial charge in [0.15, 0.2) is 11.6 Å². The maximum Gasteiger partial charge on any atom is 0.238 e. The van der Waals surface area contributed by atoms with Crippen LogP contribution in [0.5, 0.6) is 0 Å². The first-order valence-electron chi connectivity index (χ1n) is 26.2. The molecule has 0 N–H and O–H groups in total. The van der Waals surface area contributed by atoms with E-state index in [1.165, 1.54) is 22.3 Å². The Morgan fingerprint density at radius 2 is 0.688 bits per heavy atom. The topological polar surface area (TPSA) is 43.6 Å². The average molecular weight is 1050 g/mol. The number of rotatable bonds is 9. The fraction of sp³-hybridized carbons (Fsp3) is 0.0417. The Morgan fingerprint density at radius 1 is 0.299 bits per heavy atom. The molecule has 0 saturated carbocycles. The quantitative estimate of drug-likeness (QED) is 0.145. The van der Waals surface area contributed by atoms with Crippen molar-refractivity contribution in [2.45, 2.75) is 19.3 Å². The van der Waals surface area contributed by atoms with Crippen molar-refractivity contribution in [1.82, 2.24) is 19.5 Å². The van der Waals surface area contributed by atoms with Crippen LogP contribution in [0.15, 0.2) is 265 Å². The van der Waals surface area contributed by atoms with Crippen LogP contribution in [-0.2, 0) is 5.41 Å². The summed E-state index contributed by atoms with van der Waals surface area (Å²) in [7, 11) is 0. The molecule has 1 aliphatic carbocycles. The fourth-order valence-corrected chi connectivity index (χ4v) is 11.9. The Hall–Kier alpha value is -9.29. The summed E-state index contributed by atoms with van der Waals surface area (Å²) in [6, 6.07) is 93.7. The van der Waals surface area contributed by atoms with Crippen molar-refractivity contribution in [2.75, 3.05) is 0 Å². The Labute approximate surface area is 456 Å². The lowest BCUT2D eigenvalue weighted by atomic mass is 9.82. The lowest BCUT2D eigenvalue weighted by Gasteiger charge is -2.21. The highest BCUT2D eigenvalue weighted by Crippen LogP contribution is 2.51. The molecule has 5 heteroatoms. The number of nitrogens with zero attached hydrogens (tertiary/aromatic N) is 4. The molecule has 13 aromatic rings. The highest BCUT2D eigenvalue weighted by molar-refractivity contribution is 9.10. The molecular formula is C72H49BrN4. The SMILES string of the molecule is CC1(C)c2ccccc2-c2cc3c4cc(Br)ccc4n(-c4nc(-c5cccc(-c6cc(-c7ccccc7)cc(-c7ccccc7)c6)c5)nc(-c5cccc(-c6cc(-c7ccccc7)cc(-c7ccccc7)c6)c5)n4)c3cc21. The van der Waals surface area contributed by atoms with Crippen molar-refractivity contribution in [3.05, 3.63) is 276 Å². The average Bonchev–Trinajstić information content (AvgIpc) is 4.18. The minimum absolute atomic E-state index is 0.214. The highest BCUT2D eigenvalue weighted by atomic mass is 79.9. The summed E-state index contributed by atoms with van der Waals surface area (Å²) in [4.78, 5) is 16.5. The summed E-state index contributed by atoms with van der Waals surface area (Å²) in [5.74, 6) is 1.71. The van der Waals surface area contributed by atoms with E-state index < -0.39 is 0 Å². The van der Waals surface area contributed by atoms with E-state index >= 15 is 0 Å². The molecule has 0 atom stereocenters. The zero-order valence-electron chi connectivity index (χ0n) is 42.5. The van der Waals surface area contributed by atoms with Crippen LogP contribution >= 0.6 is 15.9 Å². The summed E-state index contributed by atoms with van der Waals surface area (Å²) in [5.41, 5.74) is 22.4. The van der Waals surface area contributed by atoms with Crippen molar-refractivity contribution in [3.63, 3.8) is 0 Å². The van der Waals surface area contributed by atoms with Gasteiger partial charge >= 0.3 is 0 Å². The molecule has 1 aliphatic rings. The molecule has 0 amide bonds. The van der Waals surface area contributed by atoms with Gasteiger partial charge in [-0.25, -0.2) is 4.98 Å². The van der Waals surface area contributed by atoms with E-state index in [4.69, 9.17) is 15.0 Å². The van der Waals surface area contributed by atoms with Crippen LogP contribution in [0.2, 0.25) is 0 Å². The van der Waals surface area contributed by atoms with Gasteiger partial charge in [0.1, 0.15) is 0 Å². The summed E-state index contributed by atoms with van der Waals surface area (Å²) in [6.07, 6.45) is 0. The normalized spacial score (nSPS) is 12.5. The molecule has 0 spiro atoms. The van der Waals surface area contributed by atoms with Crippen LogP contribution in [0.3, 0.4) is 0 Å². The second-order valence-corrected chi connectivity index (χ2v) is 21.5.